The lowest BCUT2D eigenvalue weighted by atomic mass is 10.0. The summed E-state index contributed by atoms with van der Waals surface area (Å²) < 4.78 is 5.37. The maximum absolute atomic E-state index is 12.3. The second-order valence-electron chi connectivity index (χ2n) is 4.53. The van der Waals surface area contributed by atoms with E-state index in [1.54, 1.807) is 12.1 Å². The first-order chi connectivity index (χ1) is 9.18. The standard InChI is InChI=1S/C13H12N2O4/c16-13(11-5-2-6-19-11)9-7-14-12-8(9)3-1-4-10(12)15(17)18/h1,3-4,7,11,14H,2,5-6H2. The first-order valence-electron chi connectivity index (χ1n) is 6.09. The van der Waals surface area contributed by atoms with Gasteiger partial charge in [-0.3, -0.25) is 14.9 Å². The van der Waals surface area contributed by atoms with E-state index in [-0.39, 0.29) is 11.5 Å². The first-order valence-corrected chi connectivity index (χ1v) is 6.09. The van der Waals surface area contributed by atoms with Crippen molar-refractivity contribution in [1.29, 1.82) is 0 Å². The predicted octanol–water partition coefficient (Wildman–Crippen LogP) is 2.44. The van der Waals surface area contributed by atoms with Crippen LogP contribution in [0.3, 0.4) is 0 Å². The molecule has 6 nitrogen and oxygen atoms in total. The van der Waals surface area contributed by atoms with Crippen molar-refractivity contribution in [2.45, 2.75) is 18.9 Å². The van der Waals surface area contributed by atoms with Gasteiger partial charge in [0, 0.05) is 29.8 Å². The Morgan fingerprint density at radius 3 is 3.00 bits per heavy atom. The van der Waals surface area contributed by atoms with E-state index in [4.69, 9.17) is 4.74 Å². The molecule has 1 aliphatic rings. The molecular formula is C13H12N2O4. The van der Waals surface area contributed by atoms with Crippen molar-refractivity contribution in [3.05, 3.63) is 40.1 Å². The number of Topliss-reactive ketones (excluding diaryl/α,β-unsaturated/α-hetero) is 1. The zero-order valence-corrected chi connectivity index (χ0v) is 10.1. The van der Waals surface area contributed by atoms with Crippen LogP contribution < -0.4 is 0 Å². The van der Waals surface area contributed by atoms with Gasteiger partial charge in [0.2, 0.25) is 0 Å². The molecule has 0 spiro atoms. The minimum absolute atomic E-state index is 0.0242. The molecule has 1 aliphatic heterocycles. The Kier molecular flexibility index (Phi) is 2.79. The van der Waals surface area contributed by atoms with Crippen LogP contribution in [0, 0.1) is 10.1 Å². The van der Waals surface area contributed by atoms with Gasteiger partial charge in [0.1, 0.15) is 11.6 Å². The third-order valence-electron chi connectivity index (χ3n) is 3.38. The number of non-ortho nitro benzene ring substituents is 1. The van der Waals surface area contributed by atoms with Crippen LogP contribution >= 0.6 is 0 Å². The molecule has 0 amide bonds. The monoisotopic (exact) mass is 260 g/mol. The highest BCUT2D eigenvalue weighted by Crippen LogP contribution is 2.29. The van der Waals surface area contributed by atoms with Crippen LogP contribution in [0.15, 0.2) is 24.4 Å². The van der Waals surface area contributed by atoms with E-state index in [1.807, 2.05) is 0 Å². The largest absolute Gasteiger partial charge is 0.370 e. The normalized spacial score (nSPS) is 18.8. The van der Waals surface area contributed by atoms with Gasteiger partial charge in [-0.05, 0) is 12.8 Å². The van der Waals surface area contributed by atoms with Crippen LogP contribution in [-0.4, -0.2) is 28.4 Å². The van der Waals surface area contributed by atoms with E-state index in [0.717, 1.165) is 6.42 Å². The van der Waals surface area contributed by atoms with Gasteiger partial charge in [-0.1, -0.05) is 12.1 Å². The van der Waals surface area contributed by atoms with Gasteiger partial charge in [0.15, 0.2) is 5.78 Å². The molecule has 0 bridgehead atoms. The number of carbonyl (C=O) groups is 1. The van der Waals surface area contributed by atoms with Gasteiger partial charge >= 0.3 is 0 Å². The fourth-order valence-corrected chi connectivity index (χ4v) is 2.45. The summed E-state index contributed by atoms with van der Waals surface area (Å²) >= 11 is 0. The number of carbonyl (C=O) groups excluding carboxylic acids is 1. The molecule has 3 rings (SSSR count). The van der Waals surface area contributed by atoms with Crippen LogP contribution in [0.2, 0.25) is 0 Å². The highest BCUT2D eigenvalue weighted by molar-refractivity contribution is 6.11. The van der Waals surface area contributed by atoms with Gasteiger partial charge in [0.05, 0.1) is 4.92 Å². The highest BCUT2D eigenvalue weighted by atomic mass is 16.6. The SMILES string of the molecule is O=C(c1c[nH]c2c([N+](=O)[O-])cccc12)C1CCCO1. The number of nitro benzene ring substituents is 1. The zero-order valence-electron chi connectivity index (χ0n) is 10.1. The lowest BCUT2D eigenvalue weighted by Crippen LogP contribution is -2.19. The molecule has 1 fully saturated rings. The lowest BCUT2D eigenvalue weighted by Gasteiger charge is -2.06. The summed E-state index contributed by atoms with van der Waals surface area (Å²) in [7, 11) is 0. The molecule has 98 valence electrons. The summed E-state index contributed by atoms with van der Waals surface area (Å²) in [6.07, 6.45) is 2.69. The van der Waals surface area contributed by atoms with Crippen molar-refractivity contribution in [2.24, 2.45) is 0 Å². The summed E-state index contributed by atoms with van der Waals surface area (Å²) in [5.74, 6) is -0.107. The number of ketones is 1. The number of nitrogens with zero attached hydrogens (tertiary/aromatic N) is 1. The Morgan fingerprint density at radius 1 is 1.47 bits per heavy atom. The number of benzene rings is 1. The van der Waals surface area contributed by atoms with E-state index in [0.29, 0.717) is 29.5 Å². The third kappa shape index (κ3) is 1.90. The molecule has 1 N–H and O–H groups in total. The van der Waals surface area contributed by atoms with Gasteiger partial charge in [-0.2, -0.15) is 0 Å². The lowest BCUT2D eigenvalue weighted by molar-refractivity contribution is -0.383. The number of rotatable bonds is 3. The van der Waals surface area contributed by atoms with Crippen molar-refractivity contribution in [3.8, 4) is 0 Å². The average molecular weight is 260 g/mol. The topological polar surface area (TPSA) is 85.2 Å². The van der Waals surface area contributed by atoms with Crippen LogP contribution in [-0.2, 0) is 4.74 Å². The highest BCUT2D eigenvalue weighted by Gasteiger charge is 2.27. The molecule has 1 unspecified atom stereocenters. The van der Waals surface area contributed by atoms with Gasteiger partial charge < -0.3 is 9.72 Å². The fraction of sp³-hybridized carbons (Fsp3) is 0.308. The van der Waals surface area contributed by atoms with Crippen molar-refractivity contribution in [2.75, 3.05) is 6.61 Å². The number of H-pyrrole nitrogens is 1. The maximum Gasteiger partial charge on any atom is 0.293 e. The van der Waals surface area contributed by atoms with Crippen LogP contribution in [0.1, 0.15) is 23.2 Å². The number of ether oxygens (including phenoxy) is 1. The Morgan fingerprint density at radius 2 is 2.32 bits per heavy atom. The molecule has 2 aromatic rings. The summed E-state index contributed by atoms with van der Waals surface area (Å²) in [5, 5.41) is 11.5. The summed E-state index contributed by atoms with van der Waals surface area (Å²) in [6.45, 7) is 0.596. The van der Waals surface area contributed by atoms with E-state index in [1.165, 1.54) is 12.3 Å². The number of nitrogens with one attached hydrogen (secondary N) is 1. The number of fused-ring (bicyclic) bond motifs is 1. The number of hydrogen-bond donors (Lipinski definition) is 1. The molecule has 1 aromatic heterocycles. The Balaban J connectivity index is 2.08. The molecule has 0 aliphatic carbocycles. The van der Waals surface area contributed by atoms with Crippen LogP contribution in [0.5, 0.6) is 0 Å². The van der Waals surface area contributed by atoms with Crippen molar-refractivity contribution < 1.29 is 14.5 Å². The average Bonchev–Trinajstić information content (AvgIpc) is 3.06. The number of nitro groups is 1. The number of aromatic nitrogens is 1. The van der Waals surface area contributed by atoms with Crippen LogP contribution in [0.25, 0.3) is 10.9 Å². The van der Waals surface area contributed by atoms with Gasteiger partial charge in [0.25, 0.3) is 5.69 Å². The smallest absolute Gasteiger partial charge is 0.293 e. The molecule has 0 saturated carbocycles. The summed E-state index contributed by atoms with van der Waals surface area (Å²) in [5.41, 5.74) is 0.823. The molecule has 1 atom stereocenters. The van der Waals surface area contributed by atoms with Crippen LogP contribution in [0.4, 0.5) is 5.69 Å². The molecular weight excluding hydrogens is 248 g/mol. The van der Waals surface area contributed by atoms with E-state index in [9.17, 15) is 14.9 Å². The maximum atomic E-state index is 12.3. The first kappa shape index (κ1) is 11.9. The van der Waals surface area contributed by atoms with Crippen molar-refractivity contribution in [1.82, 2.24) is 4.98 Å². The fourth-order valence-electron chi connectivity index (χ4n) is 2.45. The van der Waals surface area contributed by atoms with E-state index >= 15 is 0 Å². The molecule has 0 radical (unpaired) electrons. The van der Waals surface area contributed by atoms with E-state index < -0.39 is 11.0 Å². The number of hydrogen-bond acceptors (Lipinski definition) is 4. The molecule has 1 aromatic carbocycles. The molecule has 6 heteroatoms. The quantitative estimate of drug-likeness (QED) is 0.521. The molecule has 19 heavy (non-hydrogen) atoms. The van der Waals surface area contributed by atoms with Gasteiger partial charge in [-0.15, -0.1) is 0 Å². The summed E-state index contributed by atoms with van der Waals surface area (Å²) in [4.78, 5) is 25.6. The van der Waals surface area contributed by atoms with Gasteiger partial charge in [-0.25, -0.2) is 0 Å². The van der Waals surface area contributed by atoms with Crippen molar-refractivity contribution >= 4 is 22.4 Å². The predicted molar refractivity (Wildman–Crippen MR) is 68.3 cm³/mol. The second-order valence-corrected chi connectivity index (χ2v) is 4.53. The zero-order chi connectivity index (χ0) is 13.4. The third-order valence-corrected chi connectivity index (χ3v) is 3.38. The second kappa shape index (κ2) is 4.47. The molecule has 1 saturated heterocycles. The Bertz CT molecular complexity index is 656. The van der Waals surface area contributed by atoms with E-state index in [2.05, 4.69) is 4.98 Å². The number of aromatic amines is 1. The summed E-state index contributed by atoms with van der Waals surface area (Å²) in [6, 6.07) is 4.71. The minimum atomic E-state index is -0.459. The molecule has 2 heterocycles. The number of para-hydroxylation sites is 1. The van der Waals surface area contributed by atoms with Crippen molar-refractivity contribution in [3.63, 3.8) is 0 Å². The Labute approximate surface area is 108 Å². The minimum Gasteiger partial charge on any atom is -0.370 e. The Hall–Kier alpha value is -2.21.